The summed E-state index contributed by atoms with van der Waals surface area (Å²) in [5.74, 6) is 0.367. The molecule has 98 valence electrons. The van der Waals surface area contributed by atoms with Crippen LogP contribution < -0.4 is 5.32 Å². The number of H-pyrrole nitrogens is 1. The summed E-state index contributed by atoms with van der Waals surface area (Å²) < 4.78 is 0. The van der Waals surface area contributed by atoms with Gasteiger partial charge in [-0.05, 0) is 30.9 Å². The Hall–Kier alpha value is -1.61. The van der Waals surface area contributed by atoms with Crippen LogP contribution in [0.2, 0.25) is 0 Å². The standard InChI is InChI=1S/C16H18N2O/c19-14-7-3-4-9-16(14)15-12(8-10-17-16)11-5-1-2-6-13(11)18-15/h1-2,5-6,17-18H,3-4,7-10H2. The van der Waals surface area contributed by atoms with Crippen LogP contribution in [-0.2, 0) is 16.8 Å². The van der Waals surface area contributed by atoms with E-state index < -0.39 is 5.54 Å². The molecule has 2 heterocycles. The molecule has 2 aliphatic rings. The van der Waals surface area contributed by atoms with Gasteiger partial charge in [-0.15, -0.1) is 0 Å². The zero-order valence-electron chi connectivity index (χ0n) is 11.0. The second-order valence-electron chi connectivity index (χ2n) is 5.74. The van der Waals surface area contributed by atoms with Crippen LogP contribution in [0, 0.1) is 0 Å². The van der Waals surface area contributed by atoms with E-state index in [9.17, 15) is 4.79 Å². The molecule has 1 atom stereocenters. The number of rotatable bonds is 0. The second-order valence-corrected chi connectivity index (χ2v) is 5.74. The third-order valence-corrected chi connectivity index (χ3v) is 4.72. The van der Waals surface area contributed by atoms with Crippen LogP contribution in [0.4, 0.5) is 0 Å². The molecule has 2 N–H and O–H groups in total. The summed E-state index contributed by atoms with van der Waals surface area (Å²) in [6, 6.07) is 8.40. The summed E-state index contributed by atoms with van der Waals surface area (Å²) in [7, 11) is 0. The molecule has 2 aromatic rings. The molecule has 1 saturated carbocycles. The molecule has 1 aromatic carbocycles. The maximum atomic E-state index is 12.5. The molecule has 3 nitrogen and oxygen atoms in total. The van der Waals surface area contributed by atoms with Gasteiger partial charge in [0.15, 0.2) is 5.78 Å². The van der Waals surface area contributed by atoms with E-state index >= 15 is 0 Å². The molecule has 1 aliphatic carbocycles. The van der Waals surface area contributed by atoms with Gasteiger partial charge in [-0.1, -0.05) is 24.6 Å². The Balaban J connectivity index is 1.97. The first-order chi connectivity index (χ1) is 9.31. The number of nitrogens with one attached hydrogen (secondary N) is 2. The number of hydrogen-bond donors (Lipinski definition) is 2. The number of fused-ring (bicyclic) bond motifs is 4. The van der Waals surface area contributed by atoms with Crippen molar-refractivity contribution in [3.8, 4) is 0 Å². The maximum Gasteiger partial charge on any atom is 0.158 e. The van der Waals surface area contributed by atoms with E-state index in [0.717, 1.165) is 43.4 Å². The lowest BCUT2D eigenvalue weighted by atomic mass is 9.74. The first-order valence-corrected chi connectivity index (χ1v) is 7.20. The average Bonchev–Trinajstić information content (AvgIpc) is 2.83. The van der Waals surface area contributed by atoms with E-state index in [-0.39, 0.29) is 0 Å². The normalized spacial score (nSPS) is 26.8. The van der Waals surface area contributed by atoms with E-state index in [0.29, 0.717) is 12.2 Å². The van der Waals surface area contributed by atoms with Crippen LogP contribution in [-0.4, -0.2) is 17.3 Å². The van der Waals surface area contributed by atoms with E-state index in [1.165, 1.54) is 10.9 Å². The molecule has 0 amide bonds. The van der Waals surface area contributed by atoms with E-state index in [4.69, 9.17) is 0 Å². The number of hydrogen-bond acceptors (Lipinski definition) is 2. The van der Waals surface area contributed by atoms with Crippen molar-refractivity contribution in [1.82, 2.24) is 10.3 Å². The first kappa shape index (κ1) is 11.2. The SMILES string of the molecule is O=C1CCCCC12NCCc1c2[nH]c2ccccc12. The predicted molar refractivity (Wildman–Crippen MR) is 75.2 cm³/mol. The maximum absolute atomic E-state index is 12.5. The highest BCUT2D eigenvalue weighted by Gasteiger charge is 2.45. The Morgan fingerprint density at radius 3 is 2.89 bits per heavy atom. The lowest BCUT2D eigenvalue weighted by Gasteiger charge is -2.39. The molecule has 1 spiro atoms. The van der Waals surface area contributed by atoms with Crippen molar-refractivity contribution in [2.24, 2.45) is 0 Å². The number of benzene rings is 1. The van der Waals surface area contributed by atoms with Gasteiger partial charge < -0.3 is 4.98 Å². The Morgan fingerprint density at radius 1 is 1.11 bits per heavy atom. The highest BCUT2D eigenvalue weighted by atomic mass is 16.1. The number of ketones is 1. The van der Waals surface area contributed by atoms with E-state index in [1.807, 2.05) is 6.07 Å². The molecule has 0 bridgehead atoms. The molecular formula is C16H18N2O. The van der Waals surface area contributed by atoms with Crippen LogP contribution in [0.15, 0.2) is 24.3 Å². The van der Waals surface area contributed by atoms with Crippen LogP contribution in [0.25, 0.3) is 10.9 Å². The third kappa shape index (κ3) is 1.45. The van der Waals surface area contributed by atoms with Crippen molar-refractivity contribution in [1.29, 1.82) is 0 Å². The molecule has 1 fully saturated rings. The summed E-state index contributed by atoms with van der Waals surface area (Å²) in [6.07, 6.45) is 4.83. The lowest BCUT2D eigenvalue weighted by molar-refractivity contribution is -0.128. The summed E-state index contributed by atoms with van der Waals surface area (Å²) in [5.41, 5.74) is 3.23. The highest BCUT2D eigenvalue weighted by molar-refractivity contribution is 5.94. The monoisotopic (exact) mass is 254 g/mol. The number of para-hydroxylation sites is 1. The van der Waals surface area contributed by atoms with Crippen molar-refractivity contribution in [2.75, 3.05) is 6.54 Å². The molecule has 19 heavy (non-hydrogen) atoms. The van der Waals surface area contributed by atoms with E-state index in [2.05, 4.69) is 28.5 Å². The minimum absolute atomic E-state index is 0.367. The third-order valence-electron chi connectivity index (χ3n) is 4.72. The van der Waals surface area contributed by atoms with Gasteiger partial charge in [0.1, 0.15) is 5.54 Å². The number of carbonyl (C=O) groups is 1. The van der Waals surface area contributed by atoms with Crippen molar-refractivity contribution in [2.45, 2.75) is 37.6 Å². The topological polar surface area (TPSA) is 44.9 Å². The minimum Gasteiger partial charge on any atom is -0.356 e. The molecule has 4 rings (SSSR count). The largest absolute Gasteiger partial charge is 0.356 e. The Morgan fingerprint density at radius 2 is 2.00 bits per heavy atom. The molecule has 0 saturated heterocycles. The summed E-state index contributed by atoms with van der Waals surface area (Å²) in [5, 5.41) is 4.81. The van der Waals surface area contributed by atoms with Crippen molar-refractivity contribution in [3.63, 3.8) is 0 Å². The summed E-state index contributed by atoms with van der Waals surface area (Å²) in [6.45, 7) is 0.903. The molecule has 1 aromatic heterocycles. The van der Waals surface area contributed by atoms with Crippen LogP contribution in [0.3, 0.4) is 0 Å². The van der Waals surface area contributed by atoms with Gasteiger partial charge in [0.2, 0.25) is 0 Å². The lowest BCUT2D eigenvalue weighted by Crippen LogP contribution is -2.54. The zero-order valence-corrected chi connectivity index (χ0v) is 11.0. The summed E-state index contributed by atoms with van der Waals surface area (Å²) >= 11 is 0. The fourth-order valence-electron chi connectivity index (χ4n) is 3.79. The van der Waals surface area contributed by atoms with Gasteiger partial charge in [-0.2, -0.15) is 0 Å². The molecule has 3 heteroatoms. The zero-order chi connectivity index (χ0) is 12.9. The smallest absolute Gasteiger partial charge is 0.158 e. The van der Waals surface area contributed by atoms with Gasteiger partial charge in [-0.3, -0.25) is 10.1 Å². The van der Waals surface area contributed by atoms with Crippen molar-refractivity contribution >= 4 is 16.7 Å². The highest BCUT2D eigenvalue weighted by Crippen LogP contribution is 2.40. The average molecular weight is 254 g/mol. The van der Waals surface area contributed by atoms with Gasteiger partial charge in [-0.25, -0.2) is 0 Å². The molecule has 1 unspecified atom stereocenters. The Labute approximate surface area is 112 Å². The van der Waals surface area contributed by atoms with Gasteiger partial charge in [0, 0.05) is 29.6 Å². The number of aromatic nitrogens is 1. The first-order valence-electron chi connectivity index (χ1n) is 7.20. The molecule has 0 radical (unpaired) electrons. The number of Topliss-reactive ketones (excluding diaryl/α,β-unsaturated/α-hetero) is 1. The quantitative estimate of drug-likeness (QED) is 0.759. The number of carbonyl (C=O) groups excluding carboxylic acids is 1. The second kappa shape index (κ2) is 3.94. The summed E-state index contributed by atoms with van der Waals surface area (Å²) in [4.78, 5) is 16.1. The Bertz CT molecular complexity index is 658. The van der Waals surface area contributed by atoms with Crippen LogP contribution in [0.1, 0.15) is 36.9 Å². The molecule has 1 aliphatic heterocycles. The van der Waals surface area contributed by atoms with Crippen LogP contribution in [0.5, 0.6) is 0 Å². The van der Waals surface area contributed by atoms with Crippen molar-refractivity contribution < 1.29 is 4.79 Å². The fourth-order valence-corrected chi connectivity index (χ4v) is 3.79. The fraction of sp³-hybridized carbons (Fsp3) is 0.438. The Kier molecular flexibility index (Phi) is 2.33. The predicted octanol–water partition coefficient (Wildman–Crippen LogP) is 2.65. The minimum atomic E-state index is -0.426. The van der Waals surface area contributed by atoms with Gasteiger partial charge in [0.05, 0.1) is 0 Å². The van der Waals surface area contributed by atoms with E-state index in [1.54, 1.807) is 0 Å². The van der Waals surface area contributed by atoms with Crippen LogP contribution >= 0.6 is 0 Å². The van der Waals surface area contributed by atoms with Crippen molar-refractivity contribution in [3.05, 3.63) is 35.5 Å². The number of aromatic amines is 1. The van der Waals surface area contributed by atoms with Gasteiger partial charge in [0.25, 0.3) is 0 Å². The van der Waals surface area contributed by atoms with Gasteiger partial charge >= 0.3 is 0 Å². The molecular weight excluding hydrogens is 236 g/mol.